The van der Waals surface area contributed by atoms with Gasteiger partial charge in [0.1, 0.15) is 5.75 Å². The van der Waals surface area contributed by atoms with Crippen LogP contribution in [0.15, 0.2) is 48.5 Å². The Morgan fingerprint density at radius 1 is 1.10 bits per heavy atom. The van der Waals surface area contributed by atoms with E-state index in [1.54, 1.807) is 7.11 Å². The molecule has 21 heavy (non-hydrogen) atoms. The van der Waals surface area contributed by atoms with Crippen LogP contribution in [-0.2, 0) is 6.42 Å². The van der Waals surface area contributed by atoms with E-state index < -0.39 is 0 Å². The molecular weight excluding hydrogens is 284 g/mol. The smallest absolute Gasteiger partial charge is 0.118 e. The van der Waals surface area contributed by atoms with Crippen molar-refractivity contribution in [2.75, 3.05) is 37.0 Å². The lowest BCUT2D eigenvalue weighted by atomic mass is 10.1. The van der Waals surface area contributed by atoms with Crippen molar-refractivity contribution >= 4 is 23.8 Å². The summed E-state index contributed by atoms with van der Waals surface area (Å²) in [6.45, 7) is 3.12. The highest BCUT2D eigenvalue weighted by molar-refractivity contribution is 5.85. The average Bonchev–Trinajstić information content (AvgIpc) is 2.53. The molecule has 0 unspecified atom stereocenters. The van der Waals surface area contributed by atoms with E-state index >= 15 is 0 Å². The topological polar surface area (TPSA) is 24.5 Å². The van der Waals surface area contributed by atoms with E-state index in [1.165, 1.54) is 16.9 Å². The van der Waals surface area contributed by atoms with Crippen molar-refractivity contribution in [3.05, 3.63) is 54.1 Å². The van der Waals surface area contributed by atoms with Crippen LogP contribution < -0.4 is 15.0 Å². The Morgan fingerprint density at radius 2 is 1.86 bits per heavy atom. The SMILES string of the molecule is COc1ccc(CCN2CCNc3ccccc32)cc1.Cl. The predicted molar refractivity (Wildman–Crippen MR) is 91.1 cm³/mol. The number of halogens is 1. The molecule has 0 atom stereocenters. The number of hydrogen-bond donors (Lipinski definition) is 1. The van der Waals surface area contributed by atoms with Crippen LogP contribution >= 0.6 is 12.4 Å². The zero-order valence-corrected chi connectivity index (χ0v) is 13.0. The average molecular weight is 305 g/mol. The summed E-state index contributed by atoms with van der Waals surface area (Å²) >= 11 is 0. The van der Waals surface area contributed by atoms with E-state index in [0.29, 0.717) is 0 Å². The van der Waals surface area contributed by atoms with Gasteiger partial charge in [-0.05, 0) is 36.2 Å². The van der Waals surface area contributed by atoms with Crippen molar-refractivity contribution in [2.24, 2.45) is 0 Å². The first-order valence-electron chi connectivity index (χ1n) is 7.07. The van der Waals surface area contributed by atoms with Crippen LogP contribution in [0.2, 0.25) is 0 Å². The van der Waals surface area contributed by atoms with E-state index in [0.717, 1.165) is 31.8 Å². The standard InChI is InChI=1S/C17H20N2O.ClH/c1-20-15-8-6-14(7-9-15)10-12-19-13-11-18-16-4-2-3-5-17(16)19;/h2-9,18H,10-13H2,1H3;1H. The molecule has 0 amide bonds. The molecule has 2 aromatic carbocycles. The van der Waals surface area contributed by atoms with Gasteiger partial charge in [-0.25, -0.2) is 0 Å². The summed E-state index contributed by atoms with van der Waals surface area (Å²) in [5.74, 6) is 0.918. The molecule has 0 saturated carbocycles. The van der Waals surface area contributed by atoms with Crippen LogP contribution in [0.5, 0.6) is 5.75 Å². The first-order valence-corrected chi connectivity index (χ1v) is 7.07. The van der Waals surface area contributed by atoms with Crippen molar-refractivity contribution in [3.8, 4) is 5.75 Å². The highest BCUT2D eigenvalue weighted by atomic mass is 35.5. The van der Waals surface area contributed by atoms with Crippen LogP contribution in [0.4, 0.5) is 11.4 Å². The van der Waals surface area contributed by atoms with E-state index in [9.17, 15) is 0 Å². The summed E-state index contributed by atoms with van der Waals surface area (Å²) in [6.07, 6.45) is 1.05. The zero-order valence-electron chi connectivity index (χ0n) is 12.2. The maximum absolute atomic E-state index is 5.19. The third kappa shape index (κ3) is 3.61. The maximum Gasteiger partial charge on any atom is 0.118 e. The van der Waals surface area contributed by atoms with Gasteiger partial charge >= 0.3 is 0 Å². The molecule has 0 bridgehead atoms. The van der Waals surface area contributed by atoms with Gasteiger partial charge < -0.3 is 15.0 Å². The number of anilines is 2. The Balaban J connectivity index is 0.00000161. The van der Waals surface area contributed by atoms with Gasteiger partial charge in [-0.1, -0.05) is 24.3 Å². The minimum atomic E-state index is 0. The third-order valence-electron chi connectivity index (χ3n) is 3.77. The molecule has 0 aromatic heterocycles. The fourth-order valence-corrected chi connectivity index (χ4v) is 2.63. The number of fused-ring (bicyclic) bond motifs is 1. The van der Waals surface area contributed by atoms with E-state index in [1.807, 2.05) is 12.1 Å². The molecule has 1 N–H and O–H groups in total. The molecule has 2 aromatic rings. The van der Waals surface area contributed by atoms with E-state index in [4.69, 9.17) is 4.74 Å². The molecule has 112 valence electrons. The van der Waals surface area contributed by atoms with Gasteiger partial charge in [-0.15, -0.1) is 12.4 Å². The minimum Gasteiger partial charge on any atom is -0.497 e. The molecule has 0 saturated heterocycles. The number of ether oxygens (including phenoxy) is 1. The lowest BCUT2D eigenvalue weighted by Gasteiger charge is -2.32. The van der Waals surface area contributed by atoms with E-state index in [2.05, 4.69) is 46.6 Å². The van der Waals surface area contributed by atoms with Gasteiger partial charge in [0, 0.05) is 19.6 Å². The summed E-state index contributed by atoms with van der Waals surface area (Å²) < 4.78 is 5.19. The van der Waals surface area contributed by atoms with Crippen molar-refractivity contribution < 1.29 is 4.74 Å². The Morgan fingerprint density at radius 3 is 2.62 bits per heavy atom. The van der Waals surface area contributed by atoms with Crippen LogP contribution in [0.1, 0.15) is 5.56 Å². The number of nitrogens with zero attached hydrogens (tertiary/aromatic N) is 1. The highest BCUT2D eigenvalue weighted by Gasteiger charge is 2.15. The summed E-state index contributed by atoms with van der Waals surface area (Å²) in [5.41, 5.74) is 3.91. The number of rotatable bonds is 4. The summed E-state index contributed by atoms with van der Waals surface area (Å²) in [4.78, 5) is 2.45. The second-order valence-electron chi connectivity index (χ2n) is 5.03. The Bertz CT molecular complexity index is 571. The molecule has 3 rings (SSSR count). The first-order chi connectivity index (χ1) is 9.86. The quantitative estimate of drug-likeness (QED) is 0.934. The molecule has 0 fully saturated rings. The van der Waals surface area contributed by atoms with Gasteiger partial charge in [-0.3, -0.25) is 0 Å². The van der Waals surface area contributed by atoms with Crippen LogP contribution in [0, 0.1) is 0 Å². The van der Waals surface area contributed by atoms with Crippen molar-refractivity contribution in [2.45, 2.75) is 6.42 Å². The van der Waals surface area contributed by atoms with E-state index in [-0.39, 0.29) is 12.4 Å². The fourth-order valence-electron chi connectivity index (χ4n) is 2.63. The normalized spacial score (nSPS) is 12.9. The number of methoxy groups -OCH3 is 1. The third-order valence-corrected chi connectivity index (χ3v) is 3.77. The minimum absolute atomic E-state index is 0. The molecule has 1 heterocycles. The predicted octanol–water partition coefficient (Wildman–Crippen LogP) is 3.59. The molecule has 0 radical (unpaired) electrons. The summed E-state index contributed by atoms with van der Waals surface area (Å²) in [5, 5.41) is 3.45. The van der Waals surface area contributed by atoms with Gasteiger partial charge in [0.15, 0.2) is 0 Å². The van der Waals surface area contributed by atoms with Gasteiger partial charge in [0.05, 0.1) is 18.5 Å². The van der Waals surface area contributed by atoms with Crippen LogP contribution in [-0.4, -0.2) is 26.7 Å². The number of hydrogen-bond acceptors (Lipinski definition) is 3. The lowest BCUT2D eigenvalue weighted by molar-refractivity contribution is 0.414. The van der Waals surface area contributed by atoms with Gasteiger partial charge in [-0.2, -0.15) is 0 Å². The van der Waals surface area contributed by atoms with Crippen molar-refractivity contribution in [1.29, 1.82) is 0 Å². The van der Waals surface area contributed by atoms with Crippen LogP contribution in [0.3, 0.4) is 0 Å². The number of benzene rings is 2. The fraction of sp³-hybridized carbons (Fsp3) is 0.294. The molecule has 1 aliphatic rings. The summed E-state index contributed by atoms with van der Waals surface area (Å²) in [6, 6.07) is 16.9. The second-order valence-corrected chi connectivity index (χ2v) is 5.03. The lowest BCUT2D eigenvalue weighted by Crippen LogP contribution is -2.35. The first kappa shape index (κ1) is 15.5. The molecular formula is C17H21ClN2O. The second kappa shape index (κ2) is 7.23. The van der Waals surface area contributed by atoms with Crippen molar-refractivity contribution in [3.63, 3.8) is 0 Å². The monoisotopic (exact) mass is 304 g/mol. The Labute approximate surface area is 132 Å². The molecule has 0 aliphatic carbocycles. The number of nitrogens with one attached hydrogen (secondary N) is 1. The largest absolute Gasteiger partial charge is 0.497 e. The Hall–Kier alpha value is -1.87. The summed E-state index contributed by atoms with van der Waals surface area (Å²) in [7, 11) is 1.70. The van der Waals surface area contributed by atoms with Gasteiger partial charge in [0.25, 0.3) is 0 Å². The molecule has 4 heteroatoms. The zero-order chi connectivity index (χ0) is 13.8. The molecule has 0 spiro atoms. The maximum atomic E-state index is 5.19. The van der Waals surface area contributed by atoms with Gasteiger partial charge in [0.2, 0.25) is 0 Å². The highest BCUT2D eigenvalue weighted by Crippen LogP contribution is 2.28. The Kier molecular flexibility index (Phi) is 5.34. The van der Waals surface area contributed by atoms with Crippen LogP contribution in [0.25, 0.3) is 0 Å². The molecule has 1 aliphatic heterocycles. The van der Waals surface area contributed by atoms with Crippen molar-refractivity contribution in [1.82, 2.24) is 0 Å². The molecule has 3 nitrogen and oxygen atoms in total. The number of para-hydroxylation sites is 2.